The largest absolute Gasteiger partial charge is 0.370 e. The number of halogens is 2. The monoisotopic (exact) mass is 249 g/mol. The van der Waals surface area contributed by atoms with Crippen molar-refractivity contribution in [2.45, 2.75) is 19.1 Å². The molecule has 1 N–H and O–H groups in total. The summed E-state index contributed by atoms with van der Waals surface area (Å²) in [5.74, 6) is 0. The molecule has 6 heteroatoms. The molecule has 1 fully saturated rings. The van der Waals surface area contributed by atoms with E-state index in [-0.39, 0.29) is 18.5 Å². The third kappa shape index (κ3) is 3.57. The summed E-state index contributed by atoms with van der Waals surface area (Å²) in [5, 5.41) is 3.66. The summed E-state index contributed by atoms with van der Waals surface area (Å²) < 4.78 is 5.62. The van der Waals surface area contributed by atoms with Crippen LogP contribution in [0.15, 0.2) is 12.4 Å². The fraction of sp³-hybridized carbons (Fsp3) is 0.556. The van der Waals surface area contributed by atoms with Gasteiger partial charge < -0.3 is 10.1 Å². The average Bonchev–Trinajstić information content (AvgIpc) is 2.69. The van der Waals surface area contributed by atoms with E-state index >= 15 is 0 Å². The summed E-state index contributed by atoms with van der Waals surface area (Å²) in [5.41, 5.74) is 0.709. The Kier molecular flexibility index (Phi) is 5.25. The van der Waals surface area contributed by atoms with Gasteiger partial charge >= 0.3 is 0 Å². The minimum Gasteiger partial charge on any atom is -0.370 e. The van der Waals surface area contributed by atoms with Gasteiger partial charge in [0.05, 0.1) is 12.7 Å². The van der Waals surface area contributed by atoms with Crippen LogP contribution in [-0.2, 0) is 11.3 Å². The molecule has 0 aliphatic carbocycles. The topological polar surface area (TPSA) is 47.0 Å². The van der Waals surface area contributed by atoms with E-state index in [1.165, 1.54) is 0 Å². The summed E-state index contributed by atoms with van der Waals surface area (Å²) >= 11 is 5.84. The third-order valence-electron chi connectivity index (χ3n) is 2.19. The molecular formula is C9H13Cl2N3O. The standard InChI is InChI=1S/C9H12ClN3O.ClH/c10-9-8(12-3-4-13-9)6-14-7-1-2-11-5-7;/h3-4,7,11H,1-2,5-6H2;1H/t7-;/m0./s1. The molecule has 0 spiro atoms. The molecule has 1 aliphatic heterocycles. The van der Waals surface area contributed by atoms with Crippen LogP contribution < -0.4 is 5.32 Å². The van der Waals surface area contributed by atoms with Gasteiger partial charge in [0, 0.05) is 18.9 Å². The Labute approximate surface area is 99.8 Å². The van der Waals surface area contributed by atoms with Crippen LogP contribution in [0.2, 0.25) is 5.15 Å². The Balaban J connectivity index is 0.00000112. The van der Waals surface area contributed by atoms with Crippen molar-refractivity contribution in [3.63, 3.8) is 0 Å². The lowest BCUT2D eigenvalue weighted by Gasteiger charge is -2.09. The fourth-order valence-corrected chi connectivity index (χ4v) is 1.57. The summed E-state index contributed by atoms with van der Waals surface area (Å²) in [6, 6.07) is 0. The van der Waals surface area contributed by atoms with Gasteiger partial charge in [-0.3, -0.25) is 4.98 Å². The molecule has 1 saturated heterocycles. The van der Waals surface area contributed by atoms with Gasteiger partial charge in [0.25, 0.3) is 0 Å². The summed E-state index contributed by atoms with van der Waals surface area (Å²) in [4.78, 5) is 8.03. The van der Waals surface area contributed by atoms with E-state index in [4.69, 9.17) is 16.3 Å². The molecule has 0 radical (unpaired) electrons. The van der Waals surface area contributed by atoms with Gasteiger partial charge in [0.1, 0.15) is 5.69 Å². The molecule has 0 unspecified atom stereocenters. The highest BCUT2D eigenvalue weighted by Gasteiger charge is 2.15. The lowest BCUT2D eigenvalue weighted by atomic mass is 10.3. The molecule has 0 bridgehead atoms. The van der Waals surface area contributed by atoms with Gasteiger partial charge in [-0.25, -0.2) is 4.98 Å². The number of rotatable bonds is 3. The minimum absolute atomic E-state index is 0. The Morgan fingerprint density at radius 1 is 1.47 bits per heavy atom. The third-order valence-corrected chi connectivity index (χ3v) is 2.51. The van der Waals surface area contributed by atoms with Crippen molar-refractivity contribution in [3.8, 4) is 0 Å². The zero-order valence-electron chi connectivity index (χ0n) is 8.15. The lowest BCUT2D eigenvalue weighted by molar-refractivity contribution is 0.0521. The quantitative estimate of drug-likeness (QED) is 0.881. The van der Waals surface area contributed by atoms with Gasteiger partial charge in [-0.15, -0.1) is 12.4 Å². The van der Waals surface area contributed by atoms with Crippen LogP contribution in [-0.4, -0.2) is 29.2 Å². The molecule has 0 aromatic carbocycles. The maximum atomic E-state index is 5.84. The van der Waals surface area contributed by atoms with E-state index in [9.17, 15) is 0 Å². The number of aromatic nitrogens is 2. The zero-order chi connectivity index (χ0) is 9.80. The van der Waals surface area contributed by atoms with E-state index in [2.05, 4.69) is 15.3 Å². The van der Waals surface area contributed by atoms with Gasteiger partial charge in [0.15, 0.2) is 5.15 Å². The molecule has 2 rings (SSSR count). The molecule has 1 aromatic heterocycles. The molecule has 2 heterocycles. The molecule has 84 valence electrons. The Morgan fingerprint density at radius 2 is 2.27 bits per heavy atom. The lowest BCUT2D eigenvalue weighted by Crippen LogP contribution is -2.17. The Bertz CT molecular complexity index is 305. The van der Waals surface area contributed by atoms with Crippen molar-refractivity contribution < 1.29 is 4.74 Å². The van der Waals surface area contributed by atoms with Crippen LogP contribution in [0.1, 0.15) is 12.1 Å². The maximum absolute atomic E-state index is 5.84. The first-order chi connectivity index (χ1) is 6.86. The number of nitrogens with zero attached hydrogens (tertiary/aromatic N) is 2. The second kappa shape index (κ2) is 6.23. The first-order valence-electron chi connectivity index (χ1n) is 4.64. The minimum atomic E-state index is 0. The zero-order valence-corrected chi connectivity index (χ0v) is 9.72. The number of nitrogens with one attached hydrogen (secondary N) is 1. The Morgan fingerprint density at radius 3 is 2.93 bits per heavy atom. The molecule has 1 atom stereocenters. The molecule has 0 amide bonds. The first-order valence-corrected chi connectivity index (χ1v) is 5.02. The Hall–Kier alpha value is -0.420. The molecule has 15 heavy (non-hydrogen) atoms. The summed E-state index contributed by atoms with van der Waals surface area (Å²) in [7, 11) is 0. The van der Waals surface area contributed by atoms with Crippen LogP contribution in [0.5, 0.6) is 0 Å². The average molecular weight is 250 g/mol. The molecule has 1 aliphatic rings. The van der Waals surface area contributed by atoms with Gasteiger partial charge in [-0.1, -0.05) is 11.6 Å². The maximum Gasteiger partial charge on any atom is 0.152 e. The molecule has 0 saturated carbocycles. The highest BCUT2D eigenvalue weighted by atomic mass is 35.5. The number of hydrogen-bond donors (Lipinski definition) is 1. The van der Waals surface area contributed by atoms with E-state index in [1.54, 1.807) is 12.4 Å². The van der Waals surface area contributed by atoms with Crippen LogP contribution in [0.3, 0.4) is 0 Å². The molecule has 1 aromatic rings. The predicted octanol–water partition coefficient (Wildman–Crippen LogP) is 1.43. The SMILES string of the molecule is Cl.Clc1nccnc1CO[C@H]1CCNC1. The van der Waals surface area contributed by atoms with Crippen molar-refractivity contribution in [1.82, 2.24) is 15.3 Å². The van der Waals surface area contributed by atoms with Crippen LogP contribution in [0.25, 0.3) is 0 Å². The van der Waals surface area contributed by atoms with Crippen molar-refractivity contribution in [2.24, 2.45) is 0 Å². The number of hydrogen-bond acceptors (Lipinski definition) is 4. The van der Waals surface area contributed by atoms with Crippen LogP contribution >= 0.6 is 24.0 Å². The highest BCUT2D eigenvalue weighted by molar-refractivity contribution is 6.29. The van der Waals surface area contributed by atoms with E-state index in [1.807, 2.05) is 0 Å². The smallest absolute Gasteiger partial charge is 0.152 e. The van der Waals surface area contributed by atoms with Crippen molar-refractivity contribution in [1.29, 1.82) is 0 Å². The van der Waals surface area contributed by atoms with E-state index in [0.29, 0.717) is 17.5 Å². The van der Waals surface area contributed by atoms with Gasteiger partial charge in [-0.05, 0) is 13.0 Å². The normalized spacial score (nSPS) is 19.9. The number of ether oxygens (including phenoxy) is 1. The summed E-state index contributed by atoms with van der Waals surface area (Å²) in [6.07, 6.45) is 4.53. The van der Waals surface area contributed by atoms with Crippen molar-refractivity contribution in [3.05, 3.63) is 23.2 Å². The second-order valence-corrected chi connectivity index (χ2v) is 3.58. The highest BCUT2D eigenvalue weighted by Crippen LogP contribution is 2.12. The van der Waals surface area contributed by atoms with Gasteiger partial charge in [0.2, 0.25) is 0 Å². The second-order valence-electron chi connectivity index (χ2n) is 3.22. The fourth-order valence-electron chi connectivity index (χ4n) is 1.41. The van der Waals surface area contributed by atoms with Crippen LogP contribution in [0, 0.1) is 0 Å². The van der Waals surface area contributed by atoms with Crippen molar-refractivity contribution in [2.75, 3.05) is 13.1 Å². The first kappa shape index (κ1) is 12.6. The van der Waals surface area contributed by atoms with Gasteiger partial charge in [-0.2, -0.15) is 0 Å². The predicted molar refractivity (Wildman–Crippen MR) is 60.4 cm³/mol. The van der Waals surface area contributed by atoms with Crippen molar-refractivity contribution >= 4 is 24.0 Å². The molecular weight excluding hydrogens is 237 g/mol. The summed E-state index contributed by atoms with van der Waals surface area (Å²) in [6.45, 7) is 2.38. The van der Waals surface area contributed by atoms with E-state index in [0.717, 1.165) is 19.5 Å². The molecule has 4 nitrogen and oxygen atoms in total. The van der Waals surface area contributed by atoms with E-state index < -0.39 is 0 Å². The van der Waals surface area contributed by atoms with Crippen LogP contribution in [0.4, 0.5) is 0 Å².